The number of hydrogen-bond donors (Lipinski definition) is 1. The zero-order valence-electron chi connectivity index (χ0n) is 9.55. The molecule has 2 rings (SSSR count). The van der Waals surface area contributed by atoms with Gasteiger partial charge in [-0.3, -0.25) is 5.32 Å². The minimum Gasteiger partial charge on any atom is -0.278 e. The molecule has 0 saturated heterocycles. The van der Waals surface area contributed by atoms with Crippen molar-refractivity contribution in [2.75, 3.05) is 11.5 Å². The quantitative estimate of drug-likeness (QED) is 0.277. The summed E-state index contributed by atoms with van der Waals surface area (Å²) in [6.45, 7) is 0. The molecule has 0 spiro atoms. The van der Waals surface area contributed by atoms with Gasteiger partial charge in [-0.25, -0.2) is 4.98 Å². The van der Waals surface area contributed by atoms with Crippen LogP contribution in [-0.4, -0.2) is 20.8 Å². The van der Waals surface area contributed by atoms with Crippen LogP contribution in [0.3, 0.4) is 0 Å². The van der Waals surface area contributed by atoms with Gasteiger partial charge in [0.1, 0.15) is 4.32 Å². The first kappa shape index (κ1) is 15.1. The monoisotopic (exact) mass is 389 g/mol. The Morgan fingerprint density at radius 1 is 1.53 bits per heavy atom. The van der Waals surface area contributed by atoms with Crippen LogP contribution in [0, 0.1) is 11.5 Å². The van der Waals surface area contributed by atoms with Crippen molar-refractivity contribution in [2.24, 2.45) is 0 Å². The Kier molecular flexibility index (Phi) is 5.91. The van der Waals surface area contributed by atoms with E-state index in [-0.39, 0.29) is 0 Å². The van der Waals surface area contributed by atoms with Crippen LogP contribution in [0.5, 0.6) is 0 Å². The number of benzene rings is 1. The summed E-state index contributed by atoms with van der Waals surface area (Å²) in [5.41, 5.74) is 1.03. The van der Waals surface area contributed by atoms with E-state index in [0.717, 1.165) is 25.8 Å². The lowest BCUT2D eigenvalue weighted by Crippen LogP contribution is -2.11. The molecule has 8 heteroatoms. The molecular weight excluding hydrogens is 382 g/mol. The number of nitrogens with one attached hydrogen (secondary N) is 1. The van der Waals surface area contributed by atoms with Gasteiger partial charge >= 0.3 is 0 Å². The van der Waals surface area contributed by atoms with Crippen LogP contribution in [-0.2, 0) is 0 Å². The van der Waals surface area contributed by atoms with Gasteiger partial charge in [-0.15, -0.1) is 11.3 Å². The molecule has 0 unspecified atom stereocenters. The van der Waals surface area contributed by atoms with E-state index in [2.05, 4.69) is 32.3 Å². The van der Waals surface area contributed by atoms with Gasteiger partial charge in [-0.2, -0.15) is 5.26 Å². The lowest BCUT2D eigenvalue weighted by Gasteiger charge is -1.98. The zero-order valence-corrected chi connectivity index (χ0v) is 14.4. The number of aromatic nitrogens is 1. The summed E-state index contributed by atoms with van der Waals surface area (Å²) in [5.74, 6) is 1.77. The highest BCUT2D eigenvalue weighted by Crippen LogP contribution is 2.31. The Bertz CT molecular complexity index is 634. The molecule has 3 nitrogen and oxygen atoms in total. The van der Waals surface area contributed by atoms with Crippen LogP contribution in [0.4, 0.5) is 0 Å². The van der Waals surface area contributed by atoms with Gasteiger partial charge in [0.15, 0.2) is 10.5 Å². The molecule has 0 aliphatic heterocycles. The fourth-order valence-corrected chi connectivity index (χ4v) is 4.89. The molecule has 2 aromatic rings. The van der Waals surface area contributed by atoms with Crippen molar-refractivity contribution in [3.05, 3.63) is 22.7 Å². The van der Waals surface area contributed by atoms with Crippen molar-refractivity contribution in [2.45, 2.75) is 4.34 Å². The molecule has 0 aliphatic rings. The minimum atomic E-state index is 0.524. The van der Waals surface area contributed by atoms with Crippen molar-refractivity contribution in [3.63, 3.8) is 0 Å². The predicted molar refractivity (Wildman–Crippen MR) is 91.8 cm³/mol. The predicted octanol–water partition coefficient (Wildman–Crippen LogP) is 4.24. The van der Waals surface area contributed by atoms with E-state index in [1.54, 1.807) is 23.1 Å². The Morgan fingerprint density at radius 3 is 3.16 bits per heavy atom. The summed E-state index contributed by atoms with van der Waals surface area (Å²) in [4.78, 5) is 4.56. The number of thiazole rings is 1. The molecule has 19 heavy (non-hydrogen) atoms. The van der Waals surface area contributed by atoms with E-state index in [9.17, 15) is 0 Å². The number of thioether (sulfide) groups is 2. The lowest BCUT2D eigenvalue weighted by molar-refractivity contribution is 1.30. The highest BCUT2D eigenvalue weighted by atomic mass is 79.9. The number of rotatable bonds is 4. The highest BCUT2D eigenvalue weighted by molar-refractivity contribution is 9.10. The van der Waals surface area contributed by atoms with E-state index in [4.69, 9.17) is 17.5 Å². The third-order valence-electron chi connectivity index (χ3n) is 2.03. The number of halogens is 1. The van der Waals surface area contributed by atoms with Gasteiger partial charge in [0.05, 0.1) is 10.2 Å². The van der Waals surface area contributed by atoms with Gasteiger partial charge in [0.2, 0.25) is 0 Å². The summed E-state index contributed by atoms with van der Waals surface area (Å²) >= 11 is 13.3. The van der Waals surface area contributed by atoms with Crippen LogP contribution in [0.15, 0.2) is 27.0 Å². The summed E-state index contributed by atoms with van der Waals surface area (Å²) in [5, 5.41) is 10.8. The average Bonchev–Trinajstić information content (AvgIpc) is 2.77. The molecule has 1 aromatic heterocycles. The van der Waals surface area contributed by atoms with Crippen LogP contribution in [0.25, 0.3) is 10.2 Å². The maximum atomic E-state index is 8.39. The maximum Gasteiger partial charge on any atom is 0.182 e. The molecule has 0 amide bonds. The SMILES string of the molecule is N#CNC(=S)SCCSc1nc2ccc(Br)cc2s1. The summed E-state index contributed by atoms with van der Waals surface area (Å²) in [6, 6.07) is 6.09. The fraction of sp³-hybridized carbons (Fsp3) is 0.182. The second-order valence-electron chi connectivity index (χ2n) is 3.31. The first-order valence-corrected chi connectivity index (χ1v) is 9.18. The molecule has 0 saturated carbocycles. The Labute approximate surface area is 137 Å². The van der Waals surface area contributed by atoms with Crippen molar-refractivity contribution < 1.29 is 0 Å². The van der Waals surface area contributed by atoms with E-state index in [0.29, 0.717) is 4.32 Å². The maximum absolute atomic E-state index is 8.39. The van der Waals surface area contributed by atoms with Crippen LogP contribution in [0.1, 0.15) is 0 Å². The molecular formula is C11H8BrN3S4. The Hall–Kier alpha value is -0.330. The second-order valence-corrected chi connectivity index (χ2v) is 8.37. The number of fused-ring (bicyclic) bond motifs is 1. The van der Waals surface area contributed by atoms with E-state index < -0.39 is 0 Å². The third-order valence-corrected chi connectivity index (χ3v) is 6.17. The number of hydrogen-bond acceptors (Lipinski definition) is 6. The molecule has 0 fully saturated rings. The lowest BCUT2D eigenvalue weighted by atomic mass is 10.3. The summed E-state index contributed by atoms with van der Waals surface area (Å²) in [6.07, 6.45) is 1.82. The fourth-order valence-electron chi connectivity index (χ4n) is 1.28. The van der Waals surface area contributed by atoms with E-state index in [1.807, 2.05) is 18.3 Å². The third kappa shape index (κ3) is 4.61. The van der Waals surface area contributed by atoms with Gasteiger partial charge in [-0.05, 0) is 18.2 Å². The van der Waals surface area contributed by atoms with Crippen LogP contribution >= 0.6 is 63.0 Å². The molecule has 0 aliphatic carbocycles. The van der Waals surface area contributed by atoms with Gasteiger partial charge in [0.25, 0.3) is 0 Å². The molecule has 0 atom stereocenters. The van der Waals surface area contributed by atoms with Gasteiger partial charge in [-0.1, -0.05) is 51.7 Å². The van der Waals surface area contributed by atoms with Gasteiger partial charge in [0, 0.05) is 16.0 Å². The van der Waals surface area contributed by atoms with Crippen molar-refractivity contribution in [1.29, 1.82) is 5.26 Å². The Morgan fingerprint density at radius 2 is 2.37 bits per heavy atom. The van der Waals surface area contributed by atoms with E-state index in [1.165, 1.54) is 16.5 Å². The van der Waals surface area contributed by atoms with Crippen LogP contribution < -0.4 is 5.32 Å². The second kappa shape index (κ2) is 7.45. The van der Waals surface area contributed by atoms with Gasteiger partial charge < -0.3 is 0 Å². The minimum absolute atomic E-state index is 0.524. The summed E-state index contributed by atoms with van der Waals surface area (Å²) in [7, 11) is 0. The van der Waals surface area contributed by atoms with Crippen molar-refractivity contribution in [1.82, 2.24) is 10.3 Å². The molecule has 0 radical (unpaired) electrons. The number of thiocarbonyl (C=S) groups is 1. The highest BCUT2D eigenvalue weighted by Gasteiger charge is 2.05. The largest absolute Gasteiger partial charge is 0.278 e. The molecule has 98 valence electrons. The van der Waals surface area contributed by atoms with Crippen LogP contribution in [0.2, 0.25) is 0 Å². The number of nitrogens with zero attached hydrogens (tertiary/aromatic N) is 2. The first-order valence-electron chi connectivity index (χ1n) is 5.20. The normalized spacial score (nSPS) is 10.3. The molecule has 1 heterocycles. The summed E-state index contributed by atoms with van der Waals surface area (Å²) < 4.78 is 3.85. The Balaban J connectivity index is 1.85. The molecule has 1 N–H and O–H groups in total. The average molecular weight is 390 g/mol. The standard InChI is InChI=1S/C11H8BrN3S4/c12-7-1-2-8-9(5-7)19-11(15-8)18-4-3-17-10(16)14-6-13/h1-2,5H,3-4H2,(H,14,16). The number of nitriles is 1. The molecule has 0 bridgehead atoms. The topological polar surface area (TPSA) is 48.7 Å². The van der Waals surface area contributed by atoms with Crippen molar-refractivity contribution >= 4 is 77.5 Å². The zero-order chi connectivity index (χ0) is 13.7. The molecule has 1 aromatic carbocycles. The first-order chi connectivity index (χ1) is 9.19. The smallest absolute Gasteiger partial charge is 0.182 e. The van der Waals surface area contributed by atoms with Crippen molar-refractivity contribution in [3.8, 4) is 6.19 Å². The van der Waals surface area contributed by atoms with E-state index >= 15 is 0 Å².